The smallest absolute Gasteiger partial charge is 0.137 e. The Morgan fingerprint density at radius 3 is 2.50 bits per heavy atom. The molecule has 124 valence electrons. The lowest BCUT2D eigenvalue weighted by molar-refractivity contribution is 0.186. The van der Waals surface area contributed by atoms with Crippen LogP contribution < -0.4 is 4.74 Å². The molecule has 0 saturated heterocycles. The predicted molar refractivity (Wildman–Crippen MR) is 91.1 cm³/mol. The standard InChI is InChI=1S/C20H20O4/c21-13-5-10-17-11-12-19(24-17)20(22)15-6-4-9-18(14-15)23-16-7-2-1-3-8-16/h1-4,6-9,11-12,14,20-22H,5,10,13H2. The molecule has 4 heteroatoms. The molecule has 0 amide bonds. The molecular weight excluding hydrogens is 304 g/mol. The van der Waals surface area contributed by atoms with Gasteiger partial charge in [-0.25, -0.2) is 0 Å². The van der Waals surface area contributed by atoms with Gasteiger partial charge in [-0.3, -0.25) is 0 Å². The summed E-state index contributed by atoms with van der Waals surface area (Å²) in [6.07, 6.45) is 0.441. The van der Waals surface area contributed by atoms with Gasteiger partial charge in [0.25, 0.3) is 0 Å². The molecule has 0 aliphatic rings. The summed E-state index contributed by atoms with van der Waals surface area (Å²) in [6, 6.07) is 20.4. The van der Waals surface area contributed by atoms with Crippen molar-refractivity contribution in [1.82, 2.24) is 0 Å². The Bertz CT molecular complexity index is 764. The number of aryl methyl sites for hydroxylation is 1. The first-order chi connectivity index (χ1) is 11.8. The molecule has 24 heavy (non-hydrogen) atoms. The molecule has 0 fully saturated rings. The first-order valence-electron chi connectivity index (χ1n) is 7.96. The fraction of sp³-hybridized carbons (Fsp3) is 0.200. The number of aliphatic hydroxyl groups is 2. The van der Waals surface area contributed by atoms with Gasteiger partial charge in [-0.1, -0.05) is 30.3 Å². The highest BCUT2D eigenvalue weighted by Crippen LogP contribution is 2.28. The lowest BCUT2D eigenvalue weighted by Crippen LogP contribution is -1.98. The Labute approximate surface area is 141 Å². The van der Waals surface area contributed by atoms with E-state index in [1.807, 2.05) is 54.6 Å². The minimum absolute atomic E-state index is 0.122. The van der Waals surface area contributed by atoms with Gasteiger partial charge in [0, 0.05) is 13.0 Å². The van der Waals surface area contributed by atoms with Crippen LogP contribution in [-0.2, 0) is 6.42 Å². The molecule has 1 unspecified atom stereocenters. The van der Waals surface area contributed by atoms with Crippen LogP contribution in [0.2, 0.25) is 0 Å². The van der Waals surface area contributed by atoms with Crippen molar-refractivity contribution in [2.75, 3.05) is 6.61 Å². The Morgan fingerprint density at radius 1 is 0.917 bits per heavy atom. The fourth-order valence-electron chi connectivity index (χ4n) is 2.47. The van der Waals surface area contributed by atoms with Crippen molar-refractivity contribution in [3.63, 3.8) is 0 Å². The van der Waals surface area contributed by atoms with E-state index in [2.05, 4.69) is 0 Å². The number of hydrogen-bond acceptors (Lipinski definition) is 4. The van der Waals surface area contributed by atoms with Gasteiger partial charge in [0.2, 0.25) is 0 Å². The number of furan rings is 1. The van der Waals surface area contributed by atoms with Crippen LogP contribution in [0.25, 0.3) is 0 Å². The van der Waals surface area contributed by atoms with Gasteiger partial charge >= 0.3 is 0 Å². The number of para-hydroxylation sites is 1. The maximum Gasteiger partial charge on any atom is 0.137 e. The van der Waals surface area contributed by atoms with Crippen molar-refractivity contribution in [2.24, 2.45) is 0 Å². The quantitative estimate of drug-likeness (QED) is 0.687. The molecule has 3 rings (SSSR count). The molecule has 1 atom stereocenters. The lowest BCUT2D eigenvalue weighted by atomic mass is 10.1. The number of rotatable bonds is 7. The van der Waals surface area contributed by atoms with Crippen LogP contribution in [-0.4, -0.2) is 16.8 Å². The van der Waals surface area contributed by atoms with Gasteiger partial charge in [0.05, 0.1) is 0 Å². The second-order valence-corrected chi connectivity index (χ2v) is 5.52. The van der Waals surface area contributed by atoms with Crippen LogP contribution >= 0.6 is 0 Å². The van der Waals surface area contributed by atoms with E-state index in [0.29, 0.717) is 29.9 Å². The number of ether oxygens (including phenoxy) is 1. The van der Waals surface area contributed by atoms with Crippen LogP contribution in [0, 0.1) is 0 Å². The zero-order valence-electron chi connectivity index (χ0n) is 13.3. The van der Waals surface area contributed by atoms with Crippen LogP contribution in [0.5, 0.6) is 11.5 Å². The minimum Gasteiger partial charge on any atom is -0.463 e. The minimum atomic E-state index is -0.854. The fourth-order valence-corrected chi connectivity index (χ4v) is 2.47. The molecule has 0 aliphatic carbocycles. The zero-order chi connectivity index (χ0) is 16.8. The first kappa shape index (κ1) is 16.3. The topological polar surface area (TPSA) is 62.8 Å². The third-order valence-corrected chi connectivity index (χ3v) is 3.69. The van der Waals surface area contributed by atoms with Crippen molar-refractivity contribution in [3.05, 3.63) is 83.8 Å². The molecule has 3 aromatic rings. The van der Waals surface area contributed by atoms with Gasteiger partial charge in [-0.05, 0) is 48.4 Å². The molecule has 0 radical (unpaired) electrons. The molecule has 0 aliphatic heterocycles. The van der Waals surface area contributed by atoms with Crippen molar-refractivity contribution in [3.8, 4) is 11.5 Å². The van der Waals surface area contributed by atoms with Crippen molar-refractivity contribution < 1.29 is 19.4 Å². The van der Waals surface area contributed by atoms with E-state index in [0.717, 1.165) is 11.5 Å². The molecule has 2 aromatic carbocycles. The maximum atomic E-state index is 10.5. The van der Waals surface area contributed by atoms with E-state index in [1.165, 1.54) is 0 Å². The SMILES string of the molecule is OCCCc1ccc(C(O)c2cccc(Oc3ccccc3)c2)o1. The molecule has 1 heterocycles. The van der Waals surface area contributed by atoms with Gasteiger partial charge in [-0.15, -0.1) is 0 Å². The van der Waals surface area contributed by atoms with E-state index in [9.17, 15) is 5.11 Å². The molecule has 4 nitrogen and oxygen atoms in total. The molecule has 2 N–H and O–H groups in total. The third-order valence-electron chi connectivity index (χ3n) is 3.69. The summed E-state index contributed by atoms with van der Waals surface area (Å²) >= 11 is 0. The Morgan fingerprint density at radius 2 is 1.71 bits per heavy atom. The second kappa shape index (κ2) is 7.81. The van der Waals surface area contributed by atoms with Crippen LogP contribution in [0.15, 0.2) is 71.1 Å². The first-order valence-corrected chi connectivity index (χ1v) is 7.96. The summed E-state index contributed by atoms with van der Waals surface area (Å²) in [5.74, 6) is 2.65. The summed E-state index contributed by atoms with van der Waals surface area (Å²) in [6.45, 7) is 0.122. The highest BCUT2D eigenvalue weighted by Gasteiger charge is 2.15. The number of benzene rings is 2. The van der Waals surface area contributed by atoms with E-state index in [-0.39, 0.29) is 6.61 Å². The van der Waals surface area contributed by atoms with Crippen LogP contribution in [0.3, 0.4) is 0 Å². The second-order valence-electron chi connectivity index (χ2n) is 5.52. The Hall–Kier alpha value is -2.56. The number of aliphatic hydroxyl groups excluding tert-OH is 2. The van der Waals surface area contributed by atoms with Crippen molar-refractivity contribution in [2.45, 2.75) is 18.9 Å². The van der Waals surface area contributed by atoms with Gasteiger partial charge in [-0.2, -0.15) is 0 Å². The van der Waals surface area contributed by atoms with E-state index in [4.69, 9.17) is 14.3 Å². The highest BCUT2D eigenvalue weighted by molar-refractivity contribution is 5.36. The summed E-state index contributed by atoms with van der Waals surface area (Å²) in [7, 11) is 0. The van der Waals surface area contributed by atoms with E-state index in [1.54, 1.807) is 12.1 Å². The Kier molecular flexibility index (Phi) is 5.31. The van der Waals surface area contributed by atoms with E-state index >= 15 is 0 Å². The van der Waals surface area contributed by atoms with Gasteiger partial charge in [0.1, 0.15) is 29.1 Å². The van der Waals surface area contributed by atoms with Crippen LogP contribution in [0.1, 0.15) is 29.6 Å². The normalized spacial score (nSPS) is 12.1. The monoisotopic (exact) mass is 324 g/mol. The number of hydrogen-bond donors (Lipinski definition) is 2. The Balaban J connectivity index is 1.74. The predicted octanol–water partition coefficient (Wildman–Crippen LogP) is 4.08. The van der Waals surface area contributed by atoms with Crippen molar-refractivity contribution in [1.29, 1.82) is 0 Å². The molecule has 0 spiro atoms. The summed E-state index contributed by atoms with van der Waals surface area (Å²) in [4.78, 5) is 0. The zero-order valence-corrected chi connectivity index (χ0v) is 13.3. The van der Waals surface area contributed by atoms with Gasteiger partial charge < -0.3 is 19.4 Å². The molecular formula is C20H20O4. The molecule has 1 aromatic heterocycles. The maximum absolute atomic E-state index is 10.5. The summed E-state index contributed by atoms with van der Waals surface area (Å²) < 4.78 is 11.5. The molecule has 0 saturated carbocycles. The summed E-state index contributed by atoms with van der Waals surface area (Å²) in [5.41, 5.74) is 0.700. The summed E-state index contributed by atoms with van der Waals surface area (Å²) in [5, 5.41) is 19.4. The largest absolute Gasteiger partial charge is 0.463 e. The third kappa shape index (κ3) is 4.04. The van der Waals surface area contributed by atoms with Gasteiger partial charge in [0.15, 0.2) is 0 Å². The lowest BCUT2D eigenvalue weighted by Gasteiger charge is -2.11. The van der Waals surface area contributed by atoms with Crippen LogP contribution in [0.4, 0.5) is 0 Å². The average Bonchev–Trinajstić information content (AvgIpc) is 3.09. The molecule has 0 bridgehead atoms. The average molecular weight is 324 g/mol. The van der Waals surface area contributed by atoms with E-state index < -0.39 is 6.10 Å². The highest BCUT2D eigenvalue weighted by atomic mass is 16.5. The van der Waals surface area contributed by atoms with Crippen molar-refractivity contribution >= 4 is 0 Å².